The number of nitrogens with zero attached hydrogens (tertiary/aromatic N) is 2. The molecule has 2 aromatic rings. The molecule has 1 atom stereocenters. The molecule has 0 fully saturated rings. The molecule has 9 heteroatoms. The molecule has 0 aliphatic heterocycles. The number of thiazole rings is 1. The van der Waals surface area contributed by atoms with Crippen molar-refractivity contribution in [1.29, 1.82) is 0 Å². The summed E-state index contributed by atoms with van der Waals surface area (Å²) in [5, 5.41) is 22.0. The fourth-order valence-electron chi connectivity index (χ4n) is 1.69. The number of carboxylic acids is 1. The molecular formula is C12H12ClN3O4S. The average molecular weight is 330 g/mol. The Morgan fingerprint density at radius 1 is 1.57 bits per heavy atom. The van der Waals surface area contributed by atoms with Gasteiger partial charge in [-0.1, -0.05) is 11.6 Å². The molecule has 0 saturated heterocycles. The number of rotatable bonds is 6. The second-order valence-electron chi connectivity index (χ2n) is 4.09. The number of carboxylic acid groups (broad SMARTS) is 1. The number of hydrogen-bond acceptors (Lipinski definition) is 5. The number of nitrogens with one attached hydrogen (secondary N) is 1. The second kappa shape index (κ2) is 6.70. The third kappa shape index (κ3) is 3.60. The standard InChI is InChI=1S/C12H12ClN3O4S/c13-10-8(16-4-6-21-12(16)15-10)1-2-9(18)14-7(3-5-17)11(19)20/h1-2,4,6-7,17H,3,5H2,(H,14,18)(H,19,20). The van der Waals surface area contributed by atoms with E-state index in [0.29, 0.717) is 10.7 Å². The van der Waals surface area contributed by atoms with Crippen LogP contribution in [0.3, 0.4) is 0 Å². The molecule has 0 spiro atoms. The molecule has 7 nitrogen and oxygen atoms in total. The second-order valence-corrected chi connectivity index (χ2v) is 5.32. The van der Waals surface area contributed by atoms with Gasteiger partial charge in [-0.3, -0.25) is 9.20 Å². The summed E-state index contributed by atoms with van der Waals surface area (Å²) in [6, 6.07) is -1.13. The molecule has 0 aliphatic carbocycles. The predicted octanol–water partition coefficient (Wildman–Crippen LogP) is 1.01. The van der Waals surface area contributed by atoms with Gasteiger partial charge in [-0.25, -0.2) is 9.78 Å². The molecule has 1 unspecified atom stereocenters. The number of fused-ring (bicyclic) bond motifs is 1. The molecule has 0 aliphatic rings. The summed E-state index contributed by atoms with van der Waals surface area (Å²) in [5.74, 6) is -1.79. The zero-order valence-electron chi connectivity index (χ0n) is 10.7. The van der Waals surface area contributed by atoms with E-state index in [2.05, 4.69) is 10.3 Å². The largest absolute Gasteiger partial charge is 0.480 e. The molecule has 0 aromatic carbocycles. The Kier molecular flexibility index (Phi) is 4.94. The van der Waals surface area contributed by atoms with Crippen LogP contribution in [0, 0.1) is 0 Å². The maximum Gasteiger partial charge on any atom is 0.326 e. The van der Waals surface area contributed by atoms with Crippen LogP contribution in [0.25, 0.3) is 11.0 Å². The highest BCUT2D eigenvalue weighted by Crippen LogP contribution is 2.22. The summed E-state index contributed by atoms with van der Waals surface area (Å²) >= 11 is 7.37. The van der Waals surface area contributed by atoms with Gasteiger partial charge in [-0.15, -0.1) is 11.3 Å². The molecule has 2 rings (SSSR count). The maximum absolute atomic E-state index is 11.7. The molecule has 0 saturated carbocycles. The van der Waals surface area contributed by atoms with Gasteiger partial charge in [-0.2, -0.15) is 0 Å². The zero-order chi connectivity index (χ0) is 15.4. The fraction of sp³-hybridized carbons (Fsp3) is 0.250. The number of halogens is 1. The van der Waals surface area contributed by atoms with Crippen LogP contribution in [0.2, 0.25) is 5.15 Å². The lowest BCUT2D eigenvalue weighted by Gasteiger charge is -2.11. The Morgan fingerprint density at radius 2 is 2.33 bits per heavy atom. The van der Waals surface area contributed by atoms with Crippen molar-refractivity contribution in [1.82, 2.24) is 14.7 Å². The lowest BCUT2D eigenvalue weighted by atomic mass is 10.2. The highest BCUT2D eigenvalue weighted by molar-refractivity contribution is 7.15. The van der Waals surface area contributed by atoms with Gasteiger partial charge in [0.1, 0.15) is 6.04 Å². The number of carbonyl (C=O) groups excluding carboxylic acids is 1. The molecule has 112 valence electrons. The number of carbonyl (C=O) groups is 2. The Labute approximate surface area is 128 Å². The van der Waals surface area contributed by atoms with Crippen LogP contribution in [0.15, 0.2) is 17.7 Å². The van der Waals surface area contributed by atoms with E-state index in [-0.39, 0.29) is 18.2 Å². The normalized spacial score (nSPS) is 12.9. The van der Waals surface area contributed by atoms with Crippen LogP contribution in [0.5, 0.6) is 0 Å². The SMILES string of the molecule is O=C(C=Cc1c(Cl)nc2sccn12)NC(CCO)C(=O)O. The summed E-state index contributed by atoms with van der Waals surface area (Å²) < 4.78 is 1.72. The Morgan fingerprint density at radius 3 is 3.00 bits per heavy atom. The van der Waals surface area contributed by atoms with Gasteiger partial charge in [-0.05, 0) is 6.08 Å². The molecule has 2 aromatic heterocycles. The molecule has 0 bridgehead atoms. The minimum Gasteiger partial charge on any atom is -0.480 e. The van der Waals surface area contributed by atoms with Crippen molar-refractivity contribution in [2.45, 2.75) is 12.5 Å². The average Bonchev–Trinajstić information content (AvgIpc) is 2.96. The van der Waals surface area contributed by atoms with Crippen LogP contribution in [-0.2, 0) is 9.59 Å². The van der Waals surface area contributed by atoms with Crippen LogP contribution in [0.4, 0.5) is 0 Å². The summed E-state index contributed by atoms with van der Waals surface area (Å²) in [5.41, 5.74) is 0.539. The van der Waals surface area contributed by atoms with Crippen molar-refractivity contribution in [3.05, 3.63) is 28.5 Å². The topological polar surface area (TPSA) is 104 Å². The quantitative estimate of drug-likeness (QED) is 0.686. The molecule has 2 heterocycles. The third-order valence-corrected chi connectivity index (χ3v) is 3.71. The lowest BCUT2D eigenvalue weighted by molar-refractivity contribution is -0.141. The summed E-state index contributed by atoms with van der Waals surface area (Å²) in [6.45, 7) is -0.328. The number of hydrogen-bond donors (Lipinski definition) is 3. The van der Waals surface area contributed by atoms with Crippen molar-refractivity contribution in [3.63, 3.8) is 0 Å². The minimum absolute atomic E-state index is 0.0584. The first-order valence-corrected chi connectivity index (χ1v) is 7.22. The first-order chi connectivity index (χ1) is 10.0. The summed E-state index contributed by atoms with van der Waals surface area (Å²) in [7, 11) is 0. The fourth-order valence-corrected chi connectivity index (χ4v) is 2.69. The minimum atomic E-state index is -1.20. The number of aliphatic hydroxyl groups excluding tert-OH is 1. The lowest BCUT2D eigenvalue weighted by Crippen LogP contribution is -2.40. The molecule has 1 amide bonds. The number of aromatic nitrogens is 2. The van der Waals surface area contributed by atoms with Crippen molar-refractivity contribution < 1.29 is 19.8 Å². The maximum atomic E-state index is 11.7. The van der Waals surface area contributed by atoms with Gasteiger partial charge < -0.3 is 15.5 Å². The van der Waals surface area contributed by atoms with E-state index in [1.165, 1.54) is 23.5 Å². The Balaban J connectivity index is 2.09. The van der Waals surface area contributed by atoms with Gasteiger partial charge in [0.15, 0.2) is 10.1 Å². The van der Waals surface area contributed by atoms with E-state index in [9.17, 15) is 9.59 Å². The Bertz CT molecular complexity index is 694. The van der Waals surface area contributed by atoms with E-state index in [0.717, 1.165) is 0 Å². The van der Waals surface area contributed by atoms with Crippen LogP contribution >= 0.6 is 22.9 Å². The van der Waals surface area contributed by atoms with E-state index in [4.69, 9.17) is 21.8 Å². The Hall–Kier alpha value is -1.90. The van der Waals surface area contributed by atoms with E-state index in [1.807, 2.05) is 5.38 Å². The smallest absolute Gasteiger partial charge is 0.326 e. The number of aliphatic carboxylic acids is 1. The summed E-state index contributed by atoms with van der Waals surface area (Å²) in [6.07, 6.45) is 4.35. The highest BCUT2D eigenvalue weighted by Gasteiger charge is 2.18. The zero-order valence-corrected chi connectivity index (χ0v) is 12.3. The van der Waals surface area contributed by atoms with E-state index >= 15 is 0 Å². The monoisotopic (exact) mass is 329 g/mol. The van der Waals surface area contributed by atoms with E-state index in [1.54, 1.807) is 10.6 Å². The molecular weight excluding hydrogens is 318 g/mol. The van der Waals surface area contributed by atoms with Crippen molar-refractivity contribution in [2.24, 2.45) is 0 Å². The third-order valence-electron chi connectivity index (χ3n) is 2.68. The first kappa shape index (κ1) is 15.5. The molecule has 3 N–H and O–H groups in total. The predicted molar refractivity (Wildman–Crippen MR) is 78.4 cm³/mol. The van der Waals surface area contributed by atoms with Crippen LogP contribution < -0.4 is 5.32 Å². The van der Waals surface area contributed by atoms with Gasteiger partial charge in [0, 0.05) is 30.7 Å². The molecule has 21 heavy (non-hydrogen) atoms. The van der Waals surface area contributed by atoms with Gasteiger partial charge in [0.2, 0.25) is 5.91 Å². The van der Waals surface area contributed by atoms with Crippen molar-refractivity contribution in [3.8, 4) is 0 Å². The summed E-state index contributed by atoms with van der Waals surface area (Å²) in [4.78, 5) is 27.4. The van der Waals surface area contributed by atoms with Gasteiger partial charge in [0.05, 0.1) is 5.69 Å². The van der Waals surface area contributed by atoms with Crippen LogP contribution in [-0.4, -0.2) is 44.1 Å². The van der Waals surface area contributed by atoms with Crippen molar-refractivity contribution >= 4 is 45.9 Å². The number of aliphatic hydroxyl groups is 1. The molecule has 0 radical (unpaired) electrons. The first-order valence-electron chi connectivity index (χ1n) is 5.96. The highest BCUT2D eigenvalue weighted by atomic mass is 35.5. The number of amides is 1. The van der Waals surface area contributed by atoms with Gasteiger partial charge in [0.25, 0.3) is 0 Å². The van der Waals surface area contributed by atoms with Crippen molar-refractivity contribution in [2.75, 3.05) is 6.61 Å². The van der Waals surface area contributed by atoms with E-state index < -0.39 is 17.9 Å². The van der Waals surface area contributed by atoms with Crippen LogP contribution in [0.1, 0.15) is 12.1 Å². The van der Waals surface area contributed by atoms with Gasteiger partial charge >= 0.3 is 5.97 Å². The number of imidazole rings is 1.